The molecule has 0 aliphatic carbocycles. The zero-order valence-corrected chi connectivity index (χ0v) is 11.8. The quantitative estimate of drug-likeness (QED) is 0.333. The van der Waals surface area contributed by atoms with Gasteiger partial charge in [0.15, 0.2) is 5.78 Å². The van der Waals surface area contributed by atoms with Gasteiger partial charge in [-0.1, -0.05) is 44.2 Å². The summed E-state index contributed by atoms with van der Waals surface area (Å²) in [6.45, 7) is 3.49. The standard InChI is InChI=1S/C14H18ClNO3/c1-3-13(16(18)19)12(15)9-10(2)14(17)11-7-5-4-6-8-11/h4-8,10,12-13H,3,9H2,1-2H3. The molecule has 0 fully saturated rings. The minimum absolute atomic E-state index is 0.0237. The Hall–Kier alpha value is -1.42. The van der Waals surface area contributed by atoms with Crippen molar-refractivity contribution in [3.05, 3.63) is 46.0 Å². The monoisotopic (exact) mass is 283 g/mol. The van der Waals surface area contributed by atoms with Gasteiger partial charge in [-0.25, -0.2) is 0 Å². The van der Waals surface area contributed by atoms with E-state index in [2.05, 4.69) is 0 Å². The highest BCUT2D eigenvalue weighted by Gasteiger charge is 2.31. The van der Waals surface area contributed by atoms with Gasteiger partial charge in [-0.15, -0.1) is 11.6 Å². The smallest absolute Gasteiger partial charge is 0.229 e. The van der Waals surface area contributed by atoms with Crippen LogP contribution in [0.15, 0.2) is 30.3 Å². The van der Waals surface area contributed by atoms with E-state index in [1.54, 1.807) is 38.1 Å². The number of ketones is 1. The highest BCUT2D eigenvalue weighted by Crippen LogP contribution is 2.21. The molecule has 0 amide bonds. The number of nitro groups is 1. The molecule has 0 bridgehead atoms. The van der Waals surface area contributed by atoms with Gasteiger partial charge in [0.25, 0.3) is 0 Å². The lowest BCUT2D eigenvalue weighted by atomic mass is 9.92. The maximum absolute atomic E-state index is 12.1. The molecule has 0 N–H and O–H groups in total. The molecule has 104 valence electrons. The molecule has 3 atom stereocenters. The van der Waals surface area contributed by atoms with Crippen LogP contribution in [-0.2, 0) is 0 Å². The van der Waals surface area contributed by atoms with Crippen molar-refractivity contribution in [2.24, 2.45) is 5.92 Å². The van der Waals surface area contributed by atoms with Crippen molar-refractivity contribution >= 4 is 17.4 Å². The summed E-state index contributed by atoms with van der Waals surface area (Å²) < 4.78 is 0. The predicted molar refractivity (Wildman–Crippen MR) is 75.3 cm³/mol. The third kappa shape index (κ3) is 4.31. The van der Waals surface area contributed by atoms with Crippen LogP contribution in [0.3, 0.4) is 0 Å². The molecule has 0 aromatic heterocycles. The van der Waals surface area contributed by atoms with Crippen molar-refractivity contribution in [1.29, 1.82) is 0 Å². The molecular formula is C14H18ClNO3. The molecule has 1 rings (SSSR count). The van der Waals surface area contributed by atoms with Crippen LogP contribution in [0.1, 0.15) is 37.0 Å². The van der Waals surface area contributed by atoms with Gasteiger partial charge < -0.3 is 0 Å². The fourth-order valence-electron chi connectivity index (χ4n) is 2.03. The van der Waals surface area contributed by atoms with Gasteiger partial charge >= 0.3 is 0 Å². The number of hydrogen-bond donors (Lipinski definition) is 0. The summed E-state index contributed by atoms with van der Waals surface area (Å²) in [6.07, 6.45) is 0.683. The van der Waals surface area contributed by atoms with Crippen LogP contribution in [0.5, 0.6) is 0 Å². The van der Waals surface area contributed by atoms with Crippen LogP contribution in [-0.4, -0.2) is 22.1 Å². The Kier molecular flexibility index (Phi) is 5.96. The second-order valence-corrected chi connectivity index (χ2v) is 5.20. The van der Waals surface area contributed by atoms with Gasteiger partial charge in [-0.2, -0.15) is 0 Å². The lowest BCUT2D eigenvalue weighted by Crippen LogP contribution is -2.31. The average molecular weight is 284 g/mol. The fourth-order valence-corrected chi connectivity index (χ4v) is 2.56. The van der Waals surface area contributed by atoms with Gasteiger partial charge in [0.05, 0.1) is 0 Å². The number of alkyl halides is 1. The number of halogens is 1. The van der Waals surface area contributed by atoms with Crippen LogP contribution < -0.4 is 0 Å². The highest BCUT2D eigenvalue weighted by atomic mass is 35.5. The van der Waals surface area contributed by atoms with E-state index in [-0.39, 0.29) is 16.6 Å². The number of Topliss-reactive ketones (excluding diaryl/α,β-unsaturated/α-hetero) is 1. The highest BCUT2D eigenvalue weighted by molar-refractivity contribution is 6.21. The van der Waals surface area contributed by atoms with Crippen LogP contribution in [0.2, 0.25) is 0 Å². The van der Waals surface area contributed by atoms with E-state index in [0.29, 0.717) is 18.4 Å². The van der Waals surface area contributed by atoms with E-state index in [9.17, 15) is 14.9 Å². The largest absolute Gasteiger partial charge is 0.294 e. The molecule has 0 heterocycles. The Morgan fingerprint density at radius 3 is 2.42 bits per heavy atom. The summed E-state index contributed by atoms with van der Waals surface area (Å²) in [4.78, 5) is 22.6. The van der Waals surface area contributed by atoms with Gasteiger partial charge in [0.1, 0.15) is 5.38 Å². The number of benzene rings is 1. The SMILES string of the molecule is CCC(C(Cl)CC(C)C(=O)c1ccccc1)[N+](=O)[O-]. The zero-order valence-electron chi connectivity index (χ0n) is 11.1. The summed E-state index contributed by atoms with van der Waals surface area (Å²) >= 11 is 6.07. The Labute approximate surface area is 117 Å². The molecule has 0 aliphatic rings. The summed E-state index contributed by atoms with van der Waals surface area (Å²) in [5.74, 6) is -0.344. The van der Waals surface area contributed by atoms with Crippen molar-refractivity contribution < 1.29 is 9.72 Å². The molecule has 5 heteroatoms. The number of hydrogen-bond acceptors (Lipinski definition) is 3. The summed E-state index contributed by atoms with van der Waals surface area (Å²) in [5.41, 5.74) is 0.619. The number of nitrogens with zero attached hydrogens (tertiary/aromatic N) is 1. The van der Waals surface area contributed by atoms with E-state index < -0.39 is 11.4 Å². The van der Waals surface area contributed by atoms with Crippen LogP contribution in [0, 0.1) is 16.0 Å². The predicted octanol–water partition coefficient (Wildman–Crippen LogP) is 3.56. The second kappa shape index (κ2) is 7.24. The maximum atomic E-state index is 12.1. The van der Waals surface area contributed by atoms with Crippen molar-refractivity contribution in [2.75, 3.05) is 0 Å². The third-order valence-electron chi connectivity index (χ3n) is 3.19. The maximum Gasteiger partial charge on any atom is 0.229 e. The first-order valence-electron chi connectivity index (χ1n) is 6.34. The average Bonchev–Trinajstić information content (AvgIpc) is 2.39. The van der Waals surface area contributed by atoms with E-state index in [1.165, 1.54) is 0 Å². The number of rotatable bonds is 7. The van der Waals surface area contributed by atoms with Gasteiger partial charge in [0.2, 0.25) is 6.04 Å². The molecule has 1 aromatic rings. The lowest BCUT2D eigenvalue weighted by molar-refractivity contribution is -0.522. The van der Waals surface area contributed by atoms with E-state index in [4.69, 9.17) is 11.6 Å². The molecular weight excluding hydrogens is 266 g/mol. The van der Waals surface area contributed by atoms with Crippen LogP contribution in [0.25, 0.3) is 0 Å². The third-order valence-corrected chi connectivity index (χ3v) is 3.66. The zero-order chi connectivity index (χ0) is 14.4. The summed E-state index contributed by atoms with van der Waals surface area (Å²) in [6, 6.07) is 8.12. The molecule has 3 unspecified atom stereocenters. The molecule has 0 saturated heterocycles. The van der Waals surface area contributed by atoms with Crippen molar-refractivity contribution in [3.8, 4) is 0 Å². The minimum Gasteiger partial charge on any atom is -0.294 e. The Balaban J connectivity index is 2.67. The first kappa shape index (κ1) is 15.6. The van der Waals surface area contributed by atoms with Crippen LogP contribution in [0.4, 0.5) is 0 Å². The molecule has 0 spiro atoms. The van der Waals surface area contributed by atoms with Crippen molar-refractivity contribution in [1.82, 2.24) is 0 Å². The van der Waals surface area contributed by atoms with Gasteiger partial charge in [-0.3, -0.25) is 14.9 Å². The second-order valence-electron chi connectivity index (χ2n) is 4.64. The summed E-state index contributed by atoms with van der Waals surface area (Å²) in [5, 5.41) is 10.2. The minimum atomic E-state index is -0.798. The fraction of sp³-hybridized carbons (Fsp3) is 0.500. The van der Waals surface area contributed by atoms with Gasteiger partial charge in [0, 0.05) is 22.8 Å². The molecule has 4 nitrogen and oxygen atoms in total. The van der Waals surface area contributed by atoms with Crippen molar-refractivity contribution in [3.63, 3.8) is 0 Å². The van der Waals surface area contributed by atoms with E-state index in [0.717, 1.165) is 0 Å². The normalized spacial score (nSPS) is 15.5. The molecule has 19 heavy (non-hydrogen) atoms. The topological polar surface area (TPSA) is 60.2 Å². The Morgan fingerprint density at radius 2 is 1.95 bits per heavy atom. The summed E-state index contributed by atoms with van der Waals surface area (Å²) in [7, 11) is 0. The molecule has 0 aliphatic heterocycles. The van der Waals surface area contributed by atoms with E-state index >= 15 is 0 Å². The van der Waals surface area contributed by atoms with Crippen molar-refractivity contribution in [2.45, 2.75) is 38.1 Å². The molecule has 1 aromatic carbocycles. The Bertz CT molecular complexity index is 436. The van der Waals surface area contributed by atoms with Gasteiger partial charge in [-0.05, 0) is 6.42 Å². The first-order valence-corrected chi connectivity index (χ1v) is 6.77. The van der Waals surface area contributed by atoms with Crippen LogP contribution >= 0.6 is 11.6 Å². The number of carbonyl (C=O) groups is 1. The lowest BCUT2D eigenvalue weighted by Gasteiger charge is -2.17. The molecule has 0 saturated carbocycles. The number of carbonyl (C=O) groups excluding carboxylic acids is 1. The first-order chi connectivity index (χ1) is 8.97. The van der Waals surface area contributed by atoms with E-state index in [1.807, 2.05) is 6.07 Å². The Morgan fingerprint density at radius 1 is 1.37 bits per heavy atom. The molecule has 0 radical (unpaired) electrons.